The molecule has 5 nitrogen and oxygen atoms in total. The summed E-state index contributed by atoms with van der Waals surface area (Å²) in [6, 6.07) is 13.5. The molecule has 1 aromatic heterocycles. The van der Waals surface area contributed by atoms with Crippen molar-refractivity contribution in [2.75, 3.05) is 5.32 Å². The molecule has 3 aromatic rings. The fraction of sp³-hybridized carbons (Fsp3) is 0.150. The van der Waals surface area contributed by atoms with Crippen molar-refractivity contribution in [2.24, 2.45) is 0 Å². The van der Waals surface area contributed by atoms with Gasteiger partial charge < -0.3 is 10.6 Å². The van der Waals surface area contributed by atoms with Crippen molar-refractivity contribution in [3.05, 3.63) is 80.8 Å². The lowest BCUT2D eigenvalue weighted by molar-refractivity contribution is -0.117. The van der Waals surface area contributed by atoms with Gasteiger partial charge in [0.05, 0.1) is 10.6 Å². The Morgan fingerprint density at radius 2 is 1.82 bits per heavy atom. The van der Waals surface area contributed by atoms with Gasteiger partial charge in [-0.05, 0) is 36.8 Å². The molecule has 2 aromatic carbocycles. The number of hydrogen-bond acceptors (Lipinski definition) is 4. The molecule has 0 aliphatic heterocycles. The molecule has 0 unspecified atom stereocenters. The highest BCUT2D eigenvalue weighted by Gasteiger charge is 2.19. The van der Waals surface area contributed by atoms with Crippen LogP contribution in [0.5, 0.6) is 0 Å². The molecule has 1 atom stereocenters. The molecule has 0 saturated carbocycles. The first-order valence-corrected chi connectivity index (χ1v) is 10.0. The Morgan fingerprint density at radius 3 is 2.54 bits per heavy atom. The SMILES string of the molecule is C[C@H](NC(=O)c1ccccc1Cl)C(=O)Nc1ncc(Cc2ccc(Cl)cc2)s1. The molecule has 144 valence electrons. The molecule has 2 N–H and O–H groups in total. The number of amides is 2. The smallest absolute Gasteiger partial charge is 0.253 e. The molecule has 0 saturated heterocycles. The van der Waals surface area contributed by atoms with Gasteiger partial charge in [0.25, 0.3) is 5.91 Å². The number of carbonyl (C=O) groups is 2. The lowest BCUT2D eigenvalue weighted by Crippen LogP contribution is -2.41. The van der Waals surface area contributed by atoms with E-state index in [0.717, 1.165) is 10.4 Å². The van der Waals surface area contributed by atoms with Gasteiger partial charge in [-0.1, -0.05) is 47.5 Å². The zero-order valence-electron chi connectivity index (χ0n) is 14.9. The molecular formula is C20H17Cl2N3O2S. The lowest BCUT2D eigenvalue weighted by Gasteiger charge is -2.13. The van der Waals surface area contributed by atoms with Crippen LogP contribution in [0.2, 0.25) is 10.0 Å². The molecule has 28 heavy (non-hydrogen) atoms. The van der Waals surface area contributed by atoms with E-state index in [1.165, 1.54) is 11.3 Å². The number of carbonyl (C=O) groups excluding carboxylic acids is 2. The first-order valence-electron chi connectivity index (χ1n) is 8.48. The molecule has 1 heterocycles. The van der Waals surface area contributed by atoms with Gasteiger partial charge in [0.15, 0.2) is 5.13 Å². The Balaban J connectivity index is 1.57. The molecule has 0 aliphatic carbocycles. The van der Waals surface area contributed by atoms with Gasteiger partial charge in [-0.15, -0.1) is 11.3 Å². The molecule has 2 amide bonds. The second-order valence-corrected chi connectivity index (χ2v) is 8.06. The number of halogens is 2. The highest BCUT2D eigenvalue weighted by atomic mass is 35.5. The third-order valence-electron chi connectivity index (χ3n) is 3.93. The summed E-state index contributed by atoms with van der Waals surface area (Å²) in [7, 11) is 0. The van der Waals surface area contributed by atoms with E-state index in [2.05, 4.69) is 15.6 Å². The van der Waals surface area contributed by atoms with Crippen LogP contribution in [0.1, 0.15) is 27.7 Å². The lowest BCUT2D eigenvalue weighted by atomic mass is 10.1. The maximum absolute atomic E-state index is 12.4. The molecular weight excluding hydrogens is 417 g/mol. The summed E-state index contributed by atoms with van der Waals surface area (Å²) in [5.41, 5.74) is 1.43. The van der Waals surface area contributed by atoms with Crippen molar-refractivity contribution in [3.63, 3.8) is 0 Å². The number of nitrogens with zero attached hydrogens (tertiary/aromatic N) is 1. The van der Waals surface area contributed by atoms with Gasteiger partial charge in [0, 0.05) is 22.5 Å². The van der Waals surface area contributed by atoms with Crippen molar-refractivity contribution < 1.29 is 9.59 Å². The fourth-order valence-corrected chi connectivity index (χ4v) is 3.65. The van der Waals surface area contributed by atoms with Crippen LogP contribution in [0.15, 0.2) is 54.7 Å². The van der Waals surface area contributed by atoms with Gasteiger partial charge in [-0.2, -0.15) is 0 Å². The Morgan fingerprint density at radius 1 is 1.11 bits per heavy atom. The fourth-order valence-electron chi connectivity index (χ4n) is 2.45. The minimum atomic E-state index is -0.743. The Hall–Kier alpha value is -2.41. The third kappa shape index (κ3) is 5.32. The van der Waals surface area contributed by atoms with Gasteiger partial charge in [0.2, 0.25) is 5.91 Å². The first kappa shape index (κ1) is 20.3. The number of hydrogen-bond donors (Lipinski definition) is 2. The van der Waals surface area contributed by atoms with E-state index < -0.39 is 11.9 Å². The van der Waals surface area contributed by atoms with E-state index >= 15 is 0 Å². The van der Waals surface area contributed by atoms with Crippen LogP contribution in [0, 0.1) is 0 Å². The number of anilines is 1. The second kappa shape index (κ2) is 9.19. The summed E-state index contributed by atoms with van der Waals surface area (Å²) in [6.45, 7) is 1.60. The molecule has 3 rings (SSSR count). The van der Waals surface area contributed by atoms with Crippen molar-refractivity contribution in [3.8, 4) is 0 Å². The topological polar surface area (TPSA) is 71.1 Å². The molecule has 0 fully saturated rings. The van der Waals surface area contributed by atoms with E-state index in [9.17, 15) is 9.59 Å². The number of aromatic nitrogens is 1. The van der Waals surface area contributed by atoms with E-state index in [-0.39, 0.29) is 5.91 Å². The van der Waals surface area contributed by atoms with E-state index in [0.29, 0.717) is 27.2 Å². The second-order valence-electron chi connectivity index (χ2n) is 6.10. The first-order chi connectivity index (χ1) is 13.4. The highest BCUT2D eigenvalue weighted by Crippen LogP contribution is 2.22. The van der Waals surface area contributed by atoms with Crippen LogP contribution in [0.25, 0.3) is 0 Å². The monoisotopic (exact) mass is 433 g/mol. The van der Waals surface area contributed by atoms with Crippen molar-refractivity contribution >= 4 is 51.5 Å². The minimum Gasteiger partial charge on any atom is -0.340 e. The van der Waals surface area contributed by atoms with Crippen LogP contribution in [0.4, 0.5) is 5.13 Å². The summed E-state index contributed by atoms with van der Waals surface area (Å²) in [5, 5.41) is 6.87. The predicted molar refractivity (Wildman–Crippen MR) is 113 cm³/mol. The normalized spacial score (nSPS) is 11.7. The van der Waals surface area contributed by atoms with Crippen LogP contribution >= 0.6 is 34.5 Å². The maximum Gasteiger partial charge on any atom is 0.253 e. The van der Waals surface area contributed by atoms with Gasteiger partial charge in [-0.25, -0.2) is 4.98 Å². The molecule has 0 aliphatic rings. The summed E-state index contributed by atoms with van der Waals surface area (Å²) in [5.74, 6) is -0.761. The van der Waals surface area contributed by atoms with Crippen LogP contribution in [0.3, 0.4) is 0 Å². The molecule has 0 bridgehead atoms. The third-order valence-corrected chi connectivity index (χ3v) is 5.43. The minimum absolute atomic E-state index is 0.323. The van der Waals surface area contributed by atoms with Crippen molar-refractivity contribution in [2.45, 2.75) is 19.4 Å². The van der Waals surface area contributed by atoms with Crippen LogP contribution in [-0.2, 0) is 11.2 Å². The van der Waals surface area contributed by atoms with Crippen LogP contribution in [-0.4, -0.2) is 22.8 Å². The van der Waals surface area contributed by atoms with Crippen LogP contribution < -0.4 is 10.6 Å². The summed E-state index contributed by atoms with van der Waals surface area (Å²) in [6.07, 6.45) is 2.42. The maximum atomic E-state index is 12.4. The average molecular weight is 434 g/mol. The van der Waals surface area contributed by atoms with E-state index in [1.54, 1.807) is 37.4 Å². The molecule has 0 radical (unpaired) electrons. The number of nitrogens with one attached hydrogen (secondary N) is 2. The zero-order chi connectivity index (χ0) is 20.1. The average Bonchev–Trinajstić information content (AvgIpc) is 3.10. The predicted octanol–water partition coefficient (Wildman–Crippen LogP) is 4.80. The zero-order valence-corrected chi connectivity index (χ0v) is 17.2. The number of benzene rings is 2. The largest absolute Gasteiger partial charge is 0.340 e. The van der Waals surface area contributed by atoms with Gasteiger partial charge in [-0.3, -0.25) is 9.59 Å². The summed E-state index contributed by atoms with van der Waals surface area (Å²) in [4.78, 5) is 29.9. The number of thiazole rings is 1. The highest BCUT2D eigenvalue weighted by molar-refractivity contribution is 7.15. The van der Waals surface area contributed by atoms with E-state index in [1.807, 2.05) is 24.3 Å². The Bertz CT molecular complexity index is 989. The standard InChI is InChI=1S/C20H17Cl2N3O2S/c1-12(24-19(27)16-4-2-3-5-17(16)22)18(26)25-20-23-11-15(28-20)10-13-6-8-14(21)9-7-13/h2-9,11-12H,10H2,1H3,(H,24,27)(H,23,25,26)/t12-/m0/s1. The Kier molecular flexibility index (Phi) is 6.67. The number of rotatable bonds is 6. The molecule has 8 heteroatoms. The molecule has 0 spiro atoms. The van der Waals surface area contributed by atoms with Crippen molar-refractivity contribution in [1.82, 2.24) is 10.3 Å². The van der Waals surface area contributed by atoms with Gasteiger partial charge in [0.1, 0.15) is 6.04 Å². The van der Waals surface area contributed by atoms with Crippen molar-refractivity contribution in [1.29, 1.82) is 0 Å². The quantitative estimate of drug-likeness (QED) is 0.586. The Labute approximate surface area is 176 Å². The summed E-state index contributed by atoms with van der Waals surface area (Å²) < 4.78 is 0. The van der Waals surface area contributed by atoms with E-state index in [4.69, 9.17) is 23.2 Å². The summed E-state index contributed by atoms with van der Waals surface area (Å²) >= 11 is 13.3. The van der Waals surface area contributed by atoms with Gasteiger partial charge >= 0.3 is 0 Å².